The Morgan fingerprint density at radius 2 is 1.29 bits per heavy atom. The number of nitrogens with zero attached hydrogens (tertiary/aromatic N) is 1. The predicted molar refractivity (Wildman–Crippen MR) is 210 cm³/mol. The molecule has 1 aliphatic carbocycles. The van der Waals surface area contributed by atoms with Gasteiger partial charge in [-0.1, -0.05) is 122 Å². The first-order chi connectivity index (χ1) is 23.2. The van der Waals surface area contributed by atoms with E-state index < -0.39 is 8.07 Å². The third-order valence-electron chi connectivity index (χ3n) is 12.2. The summed E-state index contributed by atoms with van der Waals surface area (Å²) in [4.78, 5) is 2.45. The quantitative estimate of drug-likeness (QED) is 0.165. The normalized spacial score (nSPS) is 18.5. The largest absolute Gasteiger partial charge is 0.458 e. The number of para-hydroxylation sites is 2. The molecule has 49 heavy (non-hydrogen) atoms. The van der Waals surface area contributed by atoms with Gasteiger partial charge in [-0.15, -0.1) is 0 Å². The van der Waals surface area contributed by atoms with Crippen LogP contribution in [0.3, 0.4) is 0 Å². The molecule has 0 saturated carbocycles. The van der Waals surface area contributed by atoms with Gasteiger partial charge in [-0.05, 0) is 79.7 Å². The molecule has 0 bridgehead atoms. The van der Waals surface area contributed by atoms with Crippen LogP contribution < -0.4 is 41.1 Å². The predicted octanol–water partition coefficient (Wildman–Crippen LogP) is 8.67. The van der Waals surface area contributed by atoms with Crippen molar-refractivity contribution in [1.29, 1.82) is 0 Å². The van der Waals surface area contributed by atoms with Crippen molar-refractivity contribution in [2.75, 3.05) is 4.90 Å². The first-order valence-electron chi connectivity index (χ1n) is 18.0. The Labute approximate surface area is 293 Å². The molecule has 5 aromatic carbocycles. The van der Waals surface area contributed by atoms with Crippen LogP contribution in [0, 0.1) is 0 Å². The van der Waals surface area contributed by atoms with Crippen LogP contribution in [0.15, 0.2) is 91.0 Å². The summed E-state index contributed by atoms with van der Waals surface area (Å²) in [6.07, 6.45) is 2.30. The van der Waals surface area contributed by atoms with Crippen molar-refractivity contribution in [3.63, 3.8) is 0 Å². The average molecular weight is 660 g/mol. The van der Waals surface area contributed by atoms with Crippen LogP contribution in [0.2, 0.25) is 13.1 Å². The molecule has 3 aliphatic heterocycles. The number of hydrogen-bond acceptors (Lipinski definition) is 3. The molecule has 4 aliphatic rings. The lowest BCUT2D eigenvalue weighted by Gasteiger charge is -2.45. The van der Waals surface area contributed by atoms with E-state index in [0.29, 0.717) is 0 Å². The number of anilines is 3. The van der Waals surface area contributed by atoms with E-state index in [1.165, 1.54) is 55.8 Å². The monoisotopic (exact) mass is 659 g/mol. The SMILES string of the molecule is CC(C)(C)c1ccc2c(c1)B1c3ccc4c(c3Oc3cc(N5c6ccccc6[Si](C)(C)c6ccccc65)cc(c31)O2)C(C)(C)CCC4(C)C. The van der Waals surface area contributed by atoms with Gasteiger partial charge in [-0.3, -0.25) is 0 Å². The molecule has 0 saturated heterocycles. The number of fused-ring (bicyclic) bond motifs is 8. The highest BCUT2D eigenvalue weighted by Gasteiger charge is 2.47. The molecule has 246 valence electrons. The van der Waals surface area contributed by atoms with E-state index in [-0.39, 0.29) is 23.0 Å². The molecule has 0 aromatic heterocycles. The second kappa shape index (κ2) is 9.94. The van der Waals surface area contributed by atoms with Gasteiger partial charge in [0.2, 0.25) is 0 Å². The van der Waals surface area contributed by atoms with Crippen LogP contribution in [0.1, 0.15) is 78.0 Å². The summed E-state index contributed by atoms with van der Waals surface area (Å²) in [5, 5.41) is 2.89. The summed E-state index contributed by atoms with van der Waals surface area (Å²) in [7, 11) is -1.92. The summed E-state index contributed by atoms with van der Waals surface area (Å²) in [5.41, 5.74) is 11.4. The molecule has 9 rings (SSSR count). The van der Waals surface area contributed by atoms with Crippen LogP contribution >= 0.6 is 0 Å². The molecule has 3 heterocycles. The van der Waals surface area contributed by atoms with Gasteiger partial charge < -0.3 is 14.4 Å². The fourth-order valence-corrected chi connectivity index (χ4v) is 12.2. The van der Waals surface area contributed by atoms with Crippen LogP contribution in [0.4, 0.5) is 17.1 Å². The lowest BCUT2D eigenvalue weighted by atomic mass is 9.34. The third kappa shape index (κ3) is 4.34. The molecule has 5 heteroatoms. The number of rotatable bonds is 1. The molecule has 0 fully saturated rings. The zero-order chi connectivity index (χ0) is 34.2. The van der Waals surface area contributed by atoms with Crippen LogP contribution in [-0.2, 0) is 16.2 Å². The van der Waals surface area contributed by atoms with E-state index in [4.69, 9.17) is 9.47 Å². The first-order valence-corrected chi connectivity index (χ1v) is 21.0. The molecule has 0 unspecified atom stereocenters. The average Bonchev–Trinajstić information content (AvgIpc) is 3.06. The molecule has 0 spiro atoms. The highest BCUT2D eigenvalue weighted by Crippen LogP contribution is 2.52. The Bertz CT molecular complexity index is 2180. The maximum Gasteiger partial charge on any atom is 0.260 e. The van der Waals surface area contributed by atoms with Gasteiger partial charge in [0.15, 0.2) is 0 Å². The number of benzene rings is 5. The van der Waals surface area contributed by atoms with Crippen molar-refractivity contribution in [2.45, 2.75) is 90.6 Å². The van der Waals surface area contributed by atoms with Gasteiger partial charge >= 0.3 is 0 Å². The molecular weight excluding hydrogens is 613 g/mol. The molecule has 0 atom stereocenters. The Morgan fingerprint density at radius 3 is 1.94 bits per heavy atom. The zero-order valence-electron chi connectivity index (χ0n) is 30.4. The van der Waals surface area contributed by atoms with Gasteiger partial charge in [0.05, 0.1) is 5.69 Å². The highest BCUT2D eigenvalue weighted by molar-refractivity contribution is 7.02. The van der Waals surface area contributed by atoms with E-state index >= 15 is 0 Å². The summed E-state index contributed by atoms with van der Waals surface area (Å²) in [5.74, 6) is 3.78. The van der Waals surface area contributed by atoms with E-state index in [9.17, 15) is 0 Å². The van der Waals surface area contributed by atoms with Crippen LogP contribution in [0.5, 0.6) is 23.0 Å². The minimum atomic E-state index is -1.92. The van der Waals surface area contributed by atoms with E-state index in [1.807, 2.05) is 0 Å². The zero-order valence-corrected chi connectivity index (χ0v) is 31.4. The summed E-state index contributed by atoms with van der Waals surface area (Å²) in [6, 6.07) is 34.2. The fraction of sp³-hybridized carbons (Fsp3) is 0.318. The van der Waals surface area contributed by atoms with E-state index in [1.54, 1.807) is 0 Å². The Morgan fingerprint density at radius 1 is 0.673 bits per heavy atom. The lowest BCUT2D eigenvalue weighted by molar-refractivity contribution is 0.320. The van der Waals surface area contributed by atoms with Crippen molar-refractivity contribution < 1.29 is 9.47 Å². The number of hydrogen-bond donors (Lipinski definition) is 0. The van der Waals surface area contributed by atoms with Crippen molar-refractivity contribution in [2.24, 2.45) is 0 Å². The van der Waals surface area contributed by atoms with Gasteiger partial charge in [0.1, 0.15) is 31.1 Å². The van der Waals surface area contributed by atoms with E-state index in [0.717, 1.165) is 40.6 Å². The molecule has 0 N–H and O–H groups in total. The summed E-state index contributed by atoms with van der Waals surface area (Å²) >= 11 is 0. The molecule has 5 aromatic rings. The van der Waals surface area contributed by atoms with Gasteiger partial charge in [0, 0.05) is 34.5 Å². The topological polar surface area (TPSA) is 21.7 Å². The smallest absolute Gasteiger partial charge is 0.260 e. The third-order valence-corrected chi connectivity index (χ3v) is 15.7. The Hall–Kier alpha value is -4.22. The van der Waals surface area contributed by atoms with Crippen molar-refractivity contribution in [1.82, 2.24) is 0 Å². The standard InChI is InChI=1S/C44H46BNO2Si/c1-42(2,3)27-18-21-34-31(24-27)45-30-20-19-29-39(44(6,7)23-22-43(29,4)5)41(30)48-36-26-28(25-35(47-34)40(36)45)46-32-14-10-12-16-37(32)49(8,9)38-17-13-11-15-33(38)46/h10-21,24-26H,22-23H2,1-9H3. The molecule has 3 nitrogen and oxygen atoms in total. The van der Waals surface area contributed by atoms with Crippen LogP contribution in [0.25, 0.3) is 0 Å². The van der Waals surface area contributed by atoms with Gasteiger partial charge in [0.25, 0.3) is 6.71 Å². The van der Waals surface area contributed by atoms with Crippen molar-refractivity contribution >= 4 is 58.6 Å². The fourth-order valence-electron chi connectivity index (χ4n) is 9.21. The molecule has 0 amide bonds. The van der Waals surface area contributed by atoms with Crippen molar-refractivity contribution in [3.8, 4) is 23.0 Å². The Balaban J connectivity index is 1.33. The summed E-state index contributed by atoms with van der Waals surface area (Å²) in [6.45, 7) is 21.5. The highest BCUT2D eigenvalue weighted by atomic mass is 28.3. The maximum atomic E-state index is 7.31. The van der Waals surface area contributed by atoms with Crippen LogP contribution in [-0.4, -0.2) is 14.8 Å². The second-order valence-corrected chi connectivity index (χ2v) is 22.0. The maximum absolute atomic E-state index is 7.31. The minimum absolute atomic E-state index is 0.00362. The van der Waals surface area contributed by atoms with Gasteiger partial charge in [-0.25, -0.2) is 0 Å². The summed E-state index contributed by atoms with van der Waals surface area (Å²) < 4.78 is 14.3. The van der Waals surface area contributed by atoms with Crippen molar-refractivity contribution in [3.05, 3.63) is 108 Å². The number of ether oxygens (including phenoxy) is 2. The minimum Gasteiger partial charge on any atom is -0.458 e. The molecular formula is C44H46BNO2Si. The lowest BCUT2D eigenvalue weighted by Crippen LogP contribution is -2.59. The molecule has 0 radical (unpaired) electrons. The Kier molecular flexibility index (Phi) is 6.25. The second-order valence-electron chi connectivity index (χ2n) is 17.7. The first kappa shape index (κ1) is 30.8. The van der Waals surface area contributed by atoms with Gasteiger partial charge in [-0.2, -0.15) is 0 Å². The van der Waals surface area contributed by atoms with E-state index in [2.05, 4.69) is 157 Å².